The molecule has 0 spiro atoms. The zero-order valence-corrected chi connectivity index (χ0v) is 40.4. The number of ether oxygens (including phenoxy) is 4. The van der Waals surface area contributed by atoms with Crippen LogP contribution in [0.3, 0.4) is 0 Å². The molecule has 0 unspecified atom stereocenters. The van der Waals surface area contributed by atoms with Crippen molar-refractivity contribution in [3.05, 3.63) is 94.8 Å². The molecular formula is C49H54Cl2N14O5. The number of carbonyl (C=O) groups is 1. The zero-order valence-electron chi connectivity index (χ0n) is 38.9. The molecule has 0 radical (unpaired) electrons. The van der Waals surface area contributed by atoms with Gasteiger partial charge in [0.2, 0.25) is 0 Å². The number of rotatable bonds is 7. The number of hydrogen-bond donors (Lipinski definition) is 3. The van der Waals surface area contributed by atoms with E-state index in [1.807, 2.05) is 50.2 Å². The first-order valence-electron chi connectivity index (χ1n) is 23.6. The van der Waals surface area contributed by atoms with Crippen LogP contribution in [0.1, 0.15) is 49.9 Å². The number of aromatic nitrogens is 8. The number of nitrogen functional groups attached to an aromatic ring is 1. The molecule has 4 N–H and O–H groups in total. The number of nitrogens with zero attached hydrogens (tertiary/aromatic N) is 11. The van der Waals surface area contributed by atoms with E-state index < -0.39 is 0 Å². The number of halogens is 2. The van der Waals surface area contributed by atoms with Gasteiger partial charge in [-0.1, -0.05) is 23.2 Å². The monoisotopic (exact) mass is 988 g/mol. The normalized spacial score (nSPS) is 19.1. The summed E-state index contributed by atoms with van der Waals surface area (Å²) in [5, 5.41) is 7.67. The van der Waals surface area contributed by atoms with Crippen LogP contribution >= 0.6 is 23.2 Å². The number of pyridine rings is 4. The number of amides is 2. The van der Waals surface area contributed by atoms with Gasteiger partial charge in [-0.2, -0.15) is 9.97 Å². The van der Waals surface area contributed by atoms with Gasteiger partial charge >= 0.3 is 18.1 Å². The van der Waals surface area contributed by atoms with Gasteiger partial charge in [0.1, 0.15) is 23.8 Å². The molecule has 0 saturated carbocycles. The van der Waals surface area contributed by atoms with Gasteiger partial charge in [0, 0.05) is 105 Å². The lowest BCUT2D eigenvalue weighted by Crippen LogP contribution is -2.48. The Labute approximate surface area is 415 Å². The SMILES string of the molecule is Cc1cc(-c2nc3c(cc2Cl)N2CC[C@@H](C2)N3)ccn1.Cc1cc(-c2nc3c(cc2Cl)N2CC[C@@H](C2)N3C(=O)Nc2ccnc(OC3CCOCC3)n2)ccn1.Nc1ccnc(OC2CCOCC2)n1. The van der Waals surface area contributed by atoms with E-state index in [4.69, 9.17) is 57.9 Å². The number of nitrogens with two attached hydrogens (primary N) is 1. The second kappa shape index (κ2) is 21.1. The maximum Gasteiger partial charge on any atom is 0.329 e. The standard InChI is InChI=1S/C25H26ClN7O3.C15H15ClN4.C9H13N3O2/c1-15-12-16(2-7-27-15)22-19(26)13-20-23(31-22)33(17-4-9-32(20)14-17)25(34)30-21-3-8-28-24(29-21)36-18-5-10-35-11-6-18;1-9-6-10(2-4-17-9)14-12(16)7-13-15(19-14)18-11-3-5-20(13)8-11;10-8-1-4-11-9(12-8)14-7-2-5-13-6-3-7/h2-3,7-8,12-13,17-18H,4-6,9-11,14H2,1H3,(H,28,29,30,34);2,4,6-7,11H,3,5,8H2,1H3,(H,18,19);1,4,7H,2-3,5-6H2,(H2,10,11,12)/t17-;11-;/m00./s1. The van der Waals surface area contributed by atoms with Crippen molar-refractivity contribution < 1.29 is 23.7 Å². The van der Waals surface area contributed by atoms with Crippen molar-refractivity contribution in [3.8, 4) is 34.5 Å². The van der Waals surface area contributed by atoms with E-state index in [1.54, 1.807) is 41.8 Å². The van der Waals surface area contributed by atoms with E-state index in [0.717, 1.165) is 123 Å². The molecule has 4 bridgehead atoms. The van der Waals surface area contributed by atoms with Gasteiger partial charge in [0.15, 0.2) is 11.6 Å². The maximum atomic E-state index is 13.6. The number of nitrogens with one attached hydrogen (secondary N) is 2. The molecule has 6 aromatic rings. The molecule has 6 aliphatic rings. The van der Waals surface area contributed by atoms with Crippen LogP contribution in [0.2, 0.25) is 10.0 Å². The highest BCUT2D eigenvalue weighted by molar-refractivity contribution is 6.34. The maximum absolute atomic E-state index is 13.6. The molecule has 70 heavy (non-hydrogen) atoms. The van der Waals surface area contributed by atoms with Crippen LogP contribution in [0.15, 0.2) is 73.3 Å². The minimum absolute atomic E-state index is 0.00185. The number of hydrogen-bond acceptors (Lipinski definition) is 17. The Bertz CT molecular complexity index is 2830. The third-order valence-corrected chi connectivity index (χ3v) is 13.4. The Hall–Kier alpha value is -6.67. The lowest BCUT2D eigenvalue weighted by atomic mass is 10.1. The third kappa shape index (κ3) is 10.9. The molecule has 4 saturated heterocycles. The highest BCUT2D eigenvalue weighted by Gasteiger charge is 2.41. The van der Waals surface area contributed by atoms with Gasteiger partial charge in [-0.05, 0) is 75.2 Å². The summed E-state index contributed by atoms with van der Waals surface area (Å²) in [4.78, 5) is 54.6. The molecule has 0 aliphatic carbocycles. The van der Waals surface area contributed by atoms with Crippen molar-refractivity contribution in [1.82, 2.24) is 39.9 Å². The van der Waals surface area contributed by atoms with Gasteiger partial charge in [-0.15, -0.1) is 0 Å². The van der Waals surface area contributed by atoms with Crippen molar-refractivity contribution in [2.45, 2.75) is 76.7 Å². The second-order valence-corrected chi connectivity index (χ2v) is 18.6. The van der Waals surface area contributed by atoms with Crippen molar-refractivity contribution in [2.24, 2.45) is 0 Å². The van der Waals surface area contributed by atoms with Gasteiger partial charge in [0.05, 0.1) is 65.3 Å². The third-order valence-electron chi connectivity index (χ3n) is 12.8. The Balaban J connectivity index is 0.000000139. The summed E-state index contributed by atoms with van der Waals surface area (Å²) in [6.45, 7) is 10.4. The first-order valence-corrected chi connectivity index (χ1v) is 24.4. The lowest BCUT2D eigenvalue weighted by molar-refractivity contribution is 0.0215. The van der Waals surface area contributed by atoms with Crippen LogP contribution in [0.25, 0.3) is 22.5 Å². The van der Waals surface area contributed by atoms with Crippen molar-refractivity contribution in [3.63, 3.8) is 0 Å². The highest BCUT2D eigenvalue weighted by atomic mass is 35.5. The van der Waals surface area contributed by atoms with Crippen LogP contribution in [0.4, 0.5) is 39.4 Å². The molecule has 364 valence electrons. The number of fused-ring (bicyclic) bond motifs is 8. The fourth-order valence-electron chi connectivity index (χ4n) is 9.33. The summed E-state index contributed by atoms with van der Waals surface area (Å²) in [7, 11) is 0. The average Bonchev–Trinajstić information content (AvgIpc) is 3.97. The van der Waals surface area contributed by atoms with Gasteiger partial charge in [-0.3, -0.25) is 20.2 Å². The molecule has 2 amide bonds. The van der Waals surface area contributed by atoms with E-state index in [0.29, 0.717) is 58.5 Å². The summed E-state index contributed by atoms with van der Waals surface area (Å²) in [5.74, 6) is 2.34. The highest BCUT2D eigenvalue weighted by Crippen LogP contribution is 2.44. The van der Waals surface area contributed by atoms with Crippen LogP contribution in [-0.2, 0) is 9.47 Å². The molecule has 12 heterocycles. The number of urea groups is 1. The zero-order chi connectivity index (χ0) is 48.1. The quantitative estimate of drug-likeness (QED) is 0.139. The Kier molecular flexibility index (Phi) is 14.2. The molecule has 12 rings (SSSR count). The minimum Gasteiger partial charge on any atom is -0.460 e. The van der Waals surface area contributed by atoms with Crippen LogP contribution in [0.5, 0.6) is 12.0 Å². The topological polar surface area (TPSA) is 217 Å². The fourth-order valence-corrected chi connectivity index (χ4v) is 9.84. The summed E-state index contributed by atoms with van der Waals surface area (Å²) >= 11 is 13.1. The van der Waals surface area contributed by atoms with Crippen LogP contribution < -0.4 is 40.5 Å². The van der Waals surface area contributed by atoms with Gasteiger partial charge in [-0.25, -0.2) is 24.7 Å². The van der Waals surface area contributed by atoms with Crippen molar-refractivity contribution in [2.75, 3.05) is 83.7 Å². The Morgan fingerprint density at radius 1 is 0.686 bits per heavy atom. The molecule has 6 aliphatic heterocycles. The summed E-state index contributed by atoms with van der Waals surface area (Å²) in [6, 6.07) is 15.8. The predicted molar refractivity (Wildman–Crippen MR) is 268 cm³/mol. The summed E-state index contributed by atoms with van der Waals surface area (Å²) < 4.78 is 22.1. The van der Waals surface area contributed by atoms with E-state index in [2.05, 4.69) is 50.3 Å². The first kappa shape index (κ1) is 47.0. The van der Waals surface area contributed by atoms with E-state index >= 15 is 0 Å². The smallest absolute Gasteiger partial charge is 0.329 e. The Morgan fingerprint density at radius 2 is 1.26 bits per heavy atom. The number of carbonyl (C=O) groups excluding carboxylic acids is 1. The van der Waals surface area contributed by atoms with Gasteiger partial charge in [0.25, 0.3) is 0 Å². The van der Waals surface area contributed by atoms with E-state index in [-0.39, 0.29) is 30.3 Å². The summed E-state index contributed by atoms with van der Waals surface area (Å²) in [6.07, 6.45) is 12.2. The Morgan fingerprint density at radius 3 is 1.90 bits per heavy atom. The molecule has 4 fully saturated rings. The largest absolute Gasteiger partial charge is 0.460 e. The molecule has 0 aromatic carbocycles. The van der Waals surface area contributed by atoms with Crippen molar-refractivity contribution in [1.29, 1.82) is 0 Å². The molecule has 6 aromatic heterocycles. The fraction of sp³-hybridized carbons (Fsp3) is 0.408. The average molecular weight is 990 g/mol. The van der Waals surface area contributed by atoms with Crippen LogP contribution in [-0.4, -0.2) is 123 Å². The second-order valence-electron chi connectivity index (χ2n) is 17.8. The first-order chi connectivity index (χ1) is 34.1. The molecule has 21 heteroatoms. The lowest BCUT2D eigenvalue weighted by Gasteiger charge is -2.36. The molecule has 2 atom stereocenters. The molecule has 19 nitrogen and oxygen atoms in total. The summed E-state index contributed by atoms with van der Waals surface area (Å²) in [5.41, 5.74) is 12.6. The van der Waals surface area contributed by atoms with E-state index in [1.165, 1.54) is 0 Å². The number of aryl methyl sites for hydroxylation is 2. The minimum atomic E-state index is -0.301. The van der Waals surface area contributed by atoms with Gasteiger partial charge < -0.3 is 39.8 Å². The predicted octanol–water partition coefficient (Wildman–Crippen LogP) is 7.81. The van der Waals surface area contributed by atoms with E-state index in [9.17, 15) is 4.79 Å². The van der Waals surface area contributed by atoms with Crippen LogP contribution in [0, 0.1) is 13.8 Å². The number of anilines is 6. The molecular weight excluding hydrogens is 936 g/mol. The van der Waals surface area contributed by atoms with Crippen molar-refractivity contribution >= 4 is 63.9 Å².